The number of alkyl halides is 1. The fourth-order valence-electron chi connectivity index (χ4n) is 2.65. The lowest BCUT2D eigenvalue weighted by Gasteiger charge is -2.25. The quantitative estimate of drug-likeness (QED) is 0.840. The van der Waals surface area contributed by atoms with E-state index in [1.54, 1.807) is 0 Å². The van der Waals surface area contributed by atoms with Crippen molar-refractivity contribution in [1.82, 2.24) is 5.32 Å². The zero-order valence-corrected chi connectivity index (χ0v) is 12.4. The molecule has 2 nitrogen and oxygen atoms in total. The third-order valence-electron chi connectivity index (χ3n) is 4.15. The van der Waals surface area contributed by atoms with Crippen molar-refractivity contribution in [1.29, 1.82) is 0 Å². The van der Waals surface area contributed by atoms with Crippen molar-refractivity contribution in [3.8, 4) is 0 Å². The molecule has 1 saturated carbocycles. The summed E-state index contributed by atoms with van der Waals surface area (Å²) >= 11 is 6.24. The fourth-order valence-corrected chi connectivity index (χ4v) is 3.02. The molecular formula is C16H22ClNO. The van der Waals surface area contributed by atoms with Gasteiger partial charge in [0.2, 0.25) is 5.91 Å². The molecule has 0 saturated heterocycles. The molecular weight excluding hydrogens is 258 g/mol. The molecule has 104 valence electrons. The SMILES string of the molecule is CC(C)(C(=O)NCC1CCCC1Cl)c1ccccc1. The minimum Gasteiger partial charge on any atom is -0.355 e. The van der Waals surface area contributed by atoms with E-state index in [0.29, 0.717) is 12.5 Å². The van der Waals surface area contributed by atoms with E-state index in [-0.39, 0.29) is 11.3 Å². The lowest BCUT2D eigenvalue weighted by Crippen LogP contribution is -2.42. The standard InChI is InChI=1S/C16H22ClNO/c1-16(2,13-8-4-3-5-9-13)15(19)18-11-12-7-6-10-14(12)17/h3-5,8-9,12,14H,6-7,10-11H2,1-2H3,(H,18,19). The Kier molecular flexibility index (Phi) is 4.51. The molecule has 1 N–H and O–H groups in total. The van der Waals surface area contributed by atoms with Crippen LogP contribution < -0.4 is 5.32 Å². The number of benzene rings is 1. The summed E-state index contributed by atoms with van der Waals surface area (Å²) in [6, 6.07) is 9.90. The molecule has 1 fully saturated rings. The summed E-state index contributed by atoms with van der Waals surface area (Å²) in [5.74, 6) is 0.506. The van der Waals surface area contributed by atoms with E-state index in [4.69, 9.17) is 11.6 Å². The van der Waals surface area contributed by atoms with Gasteiger partial charge in [-0.2, -0.15) is 0 Å². The first-order valence-corrected chi connectivity index (χ1v) is 7.43. The van der Waals surface area contributed by atoms with Gasteiger partial charge >= 0.3 is 0 Å². The Bertz CT molecular complexity index is 430. The van der Waals surface area contributed by atoms with Gasteiger partial charge in [0.1, 0.15) is 0 Å². The number of carbonyl (C=O) groups is 1. The van der Waals surface area contributed by atoms with Crippen molar-refractivity contribution in [2.24, 2.45) is 5.92 Å². The number of hydrogen-bond donors (Lipinski definition) is 1. The molecule has 0 radical (unpaired) electrons. The minimum absolute atomic E-state index is 0.0782. The molecule has 0 spiro atoms. The van der Waals surface area contributed by atoms with Gasteiger partial charge in [0, 0.05) is 11.9 Å². The van der Waals surface area contributed by atoms with Gasteiger partial charge in [0.15, 0.2) is 0 Å². The van der Waals surface area contributed by atoms with Crippen molar-refractivity contribution in [2.75, 3.05) is 6.54 Å². The Hall–Kier alpha value is -1.02. The Labute approximate surface area is 120 Å². The fraction of sp³-hybridized carbons (Fsp3) is 0.562. The molecule has 1 aliphatic carbocycles. The van der Waals surface area contributed by atoms with Gasteiger partial charge in [-0.1, -0.05) is 36.8 Å². The van der Waals surface area contributed by atoms with Gasteiger partial charge in [-0.25, -0.2) is 0 Å². The highest BCUT2D eigenvalue weighted by atomic mass is 35.5. The van der Waals surface area contributed by atoms with Gasteiger partial charge in [0.05, 0.1) is 5.41 Å². The molecule has 0 aliphatic heterocycles. The summed E-state index contributed by atoms with van der Waals surface area (Å²) < 4.78 is 0. The molecule has 1 aliphatic rings. The van der Waals surface area contributed by atoms with Crippen LogP contribution in [0.1, 0.15) is 38.7 Å². The number of nitrogens with one attached hydrogen (secondary N) is 1. The minimum atomic E-state index is -0.498. The lowest BCUT2D eigenvalue weighted by molar-refractivity contribution is -0.125. The van der Waals surface area contributed by atoms with Crippen LogP contribution in [0.3, 0.4) is 0 Å². The maximum absolute atomic E-state index is 12.4. The maximum Gasteiger partial charge on any atom is 0.230 e. The van der Waals surface area contributed by atoms with Crippen molar-refractivity contribution < 1.29 is 4.79 Å². The van der Waals surface area contributed by atoms with E-state index in [1.807, 2.05) is 44.2 Å². The van der Waals surface area contributed by atoms with Crippen LogP contribution >= 0.6 is 11.6 Å². The van der Waals surface area contributed by atoms with E-state index in [2.05, 4.69) is 5.32 Å². The van der Waals surface area contributed by atoms with Gasteiger partial charge < -0.3 is 5.32 Å². The number of amides is 1. The monoisotopic (exact) mass is 279 g/mol. The summed E-state index contributed by atoms with van der Waals surface area (Å²) in [5, 5.41) is 3.29. The molecule has 2 rings (SSSR count). The Morgan fingerprint density at radius 2 is 2.00 bits per heavy atom. The Morgan fingerprint density at radius 1 is 1.32 bits per heavy atom. The first-order chi connectivity index (χ1) is 9.01. The maximum atomic E-state index is 12.4. The lowest BCUT2D eigenvalue weighted by atomic mass is 9.83. The number of carbonyl (C=O) groups excluding carboxylic acids is 1. The second kappa shape index (κ2) is 5.96. The van der Waals surface area contributed by atoms with Crippen LogP contribution in [-0.2, 0) is 10.2 Å². The Morgan fingerprint density at radius 3 is 2.58 bits per heavy atom. The second-order valence-corrected chi connectivity index (χ2v) is 6.47. The summed E-state index contributed by atoms with van der Waals surface area (Å²) in [6.45, 7) is 4.62. The van der Waals surface area contributed by atoms with Gasteiger partial charge in [-0.05, 0) is 38.2 Å². The summed E-state index contributed by atoms with van der Waals surface area (Å²) in [6.07, 6.45) is 3.38. The van der Waals surface area contributed by atoms with Crippen LogP contribution in [0.2, 0.25) is 0 Å². The molecule has 2 unspecified atom stereocenters. The highest BCUT2D eigenvalue weighted by molar-refractivity contribution is 6.21. The molecule has 19 heavy (non-hydrogen) atoms. The second-order valence-electron chi connectivity index (χ2n) is 5.91. The first-order valence-electron chi connectivity index (χ1n) is 6.99. The van der Waals surface area contributed by atoms with Crippen LogP contribution in [0.5, 0.6) is 0 Å². The average molecular weight is 280 g/mol. The van der Waals surface area contributed by atoms with E-state index in [0.717, 1.165) is 18.4 Å². The topological polar surface area (TPSA) is 29.1 Å². The Balaban J connectivity index is 1.95. The van der Waals surface area contributed by atoms with Crippen molar-refractivity contribution in [3.63, 3.8) is 0 Å². The van der Waals surface area contributed by atoms with Crippen LogP contribution in [0, 0.1) is 5.92 Å². The van der Waals surface area contributed by atoms with E-state index < -0.39 is 5.41 Å². The summed E-state index contributed by atoms with van der Waals surface area (Å²) in [7, 11) is 0. The average Bonchev–Trinajstić information content (AvgIpc) is 2.82. The predicted molar refractivity (Wildman–Crippen MR) is 79.5 cm³/mol. The number of hydrogen-bond acceptors (Lipinski definition) is 1. The summed E-state index contributed by atoms with van der Waals surface area (Å²) in [4.78, 5) is 12.4. The molecule has 0 bridgehead atoms. The van der Waals surface area contributed by atoms with Crippen LogP contribution in [-0.4, -0.2) is 17.8 Å². The smallest absolute Gasteiger partial charge is 0.230 e. The molecule has 1 amide bonds. The van der Waals surface area contributed by atoms with E-state index in [9.17, 15) is 4.79 Å². The molecule has 0 aromatic heterocycles. The third-order valence-corrected chi connectivity index (χ3v) is 4.73. The van der Waals surface area contributed by atoms with E-state index in [1.165, 1.54) is 6.42 Å². The third kappa shape index (κ3) is 3.30. The van der Waals surface area contributed by atoms with Crippen molar-refractivity contribution >= 4 is 17.5 Å². The van der Waals surface area contributed by atoms with Gasteiger partial charge in [-0.15, -0.1) is 11.6 Å². The molecule has 2 atom stereocenters. The van der Waals surface area contributed by atoms with Crippen LogP contribution in [0.25, 0.3) is 0 Å². The largest absolute Gasteiger partial charge is 0.355 e. The predicted octanol–water partition coefficient (Wildman–Crippen LogP) is 3.49. The first kappa shape index (κ1) is 14.4. The van der Waals surface area contributed by atoms with Gasteiger partial charge in [-0.3, -0.25) is 4.79 Å². The molecule has 3 heteroatoms. The molecule has 0 heterocycles. The zero-order valence-electron chi connectivity index (χ0n) is 11.7. The number of halogens is 1. The number of rotatable bonds is 4. The van der Waals surface area contributed by atoms with E-state index >= 15 is 0 Å². The molecule has 1 aromatic rings. The summed E-state index contributed by atoms with van der Waals surface area (Å²) in [5.41, 5.74) is 0.545. The van der Waals surface area contributed by atoms with Crippen LogP contribution in [0.4, 0.5) is 0 Å². The van der Waals surface area contributed by atoms with Crippen molar-refractivity contribution in [3.05, 3.63) is 35.9 Å². The highest BCUT2D eigenvalue weighted by Gasteiger charge is 2.31. The van der Waals surface area contributed by atoms with Crippen LogP contribution in [0.15, 0.2) is 30.3 Å². The van der Waals surface area contributed by atoms with Gasteiger partial charge in [0.25, 0.3) is 0 Å². The zero-order chi connectivity index (χ0) is 13.9. The van der Waals surface area contributed by atoms with Crippen molar-refractivity contribution in [2.45, 2.75) is 43.9 Å². The highest BCUT2D eigenvalue weighted by Crippen LogP contribution is 2.30. The molecule has 1 aromatic carbocycles. The normalized spacial score (nSPS) is 23.3.